The minimum atomic E-state index is -0.255. The number of nitrogens with zero attached hydrogens (tertiary/aromatic N) is 3. The lowest BCUT2D eigenvalue weighted by atomic mass is 10.2. The maximum Gasteiger partial charge on any atom is 0.286 e. The molecule has 0 spiro atoms. The fourth-order valence-electron chi connectivity index (χ4n) is 1.46. The number of hydrogen-bond donors (Lipinski definition) is 2. The summed E-state index contributed by atoms with van der Waals surface area (Å²) in [5.41, 5.74) is 1.75. The summed E-state index contributed by atoms with van der Waals surface area (Å²) < 4.78 is 0. The van der Waals surface area contributed by atoms with E-state index in [4.69, 9.17) is 0 Å². The van der Waals surface area contributed by atoms with E-state index < -0.39 is 0 Å². The zero-order valence-corrected chi connectivity index (χ0v) is 11.8. The number of anilines is 3. The second-order valence-electron chi connectivity index (χ2n) is 4.06. The fourth-order valence-corrected chi connectivity index (χ4v) is 2.05. The van der Waals surface area contributed by atoms with Gasteiger partial charge in [0.1, 0.15) is 0 Å². The van der Waals surface area contributed by atoms with Crippen molar-refractivity contribution in [2.75, 3.05) is 36.7 Å². The average molecular weight is 277 g/mol. The normalized spacial score (nSPS) is 10.1. The minimum Gasteiger partial charge on any atom is -0.378 e. The Morgan fingerprint density at radius 2 is 2.11 bits per heavy atom. The van der Waals surface area contributed by atoms with Crippen LogP contribution >= 0.6 is 11.3 Å². The van der Waals surface area contributed by atoms with Gasteiger partial charge in [0.05, 0.1) is 0 Å². The van der Waals surface area contributed by atoms with E-state index in [1.54, 1.807) is 7.05 Å². The van der Waals surface area contributed by atoms with Crippen LogP contribution in [0.5, 0.6) is 0 Å². The molecule has 0 aliphatic heterocycles. The Bertz CT molecular complexity index is 581. The summed E-state index contributed by atoms with van der Waals surface area (Å²) in [5.74, 6) is -0.255. The smallest absolute Gasteiger partial charge is 0.286 e. The molecule has 0 fully saturated rings. The Balaban J connectivity index is 2.12. The number of hydrogen-bond acceptors (Lipinski definition) is 6. The van der Waals surface area contributed by atoms with Crippen LogP contribution < -0.4 is 15.5 Å². The molecule has 1 heterocycles. The van der Waals surface area contributed by atoms with Crippen LogP contribution in [-0.4, -0.2) is 37.2 Å². The first-order valence-corrected chi connectivity index (χ1v) is 6.52. The van der Waals surface area contributed by atoms with Gasteiger partial charge in [0.25, 0.3) is 5.91 Å². The number of nitrogens with one attached hydrogen (secondary N) is 2. The van der Waals surface area contributed by atoms with Crippen molar-refractivity contribution in [3.8, 4) is 0 Å². The van der Waals surface area contributed by atoms with Crippen molar-refractivity contribution in [1.82, 2.24) is 10.2 Å². The number of amides is 1. The molecule has 0 bridgehead atoms. The van der Waals surface area contributed by atoms with Crippen molar-refractivity contribution in [3.63, 3.8) is 0 Å². The molecular formula is C12H15N5OS. The second kappa shape index (κ2) is 5.66. The summed E-state index contributed by atoms with van der Waals surface area (Å²) in [5, 5.41) is 14.3. The molecule has 6 nitrogen and oxygen atoms in total. The number of carbonyl (C=O) groups is 1. The van der Waals surface area contributed by atoms with Crippen LogP contribution in [-0.2, 0) is 0 Å². The fraction of sp³-hybridized carbons (Fsp3) is 0.250. The van der Waals surface area contributed by atoms with Crippen LogP contribution in [0, 0.1) is 0 Å². The molecule has 2 N–H and O–H groups in total. The molecule has 0 saturated carbocycles. The molecule has 2 rings (SSSR count). The van der Waals surface area contributed by atoms with E-state index in [9.17, 15) is 4.79 Å². The van der Waals surface area contributed by atoms with E-state index in [1.807, 2.05) is 43.3 Å². The van der Waals surface area contributed by atoms with Crippen LogP contribution in [0.4, 0.5) is 16.5 Å². The summed E-state index contributed by atoms with van der Waals surface area (Å²) >= 11 is 1.21. The van der Waals surface area contributed by atoms with Gasteiger partial charge in [0, 0.05) is 32.5 Å². The maximum absolute atomic E-state index is 12.0. The van der Waals surface area contributed by atoms with Gasteiger partial charge in [-0.1, -0.05) is 17.4 Å². The lowest BCUT2D eigenvalue weighted by Gasteiger charge is -2.13. The molecule has 1 aromatic carbocycles. The van der Waals surface area contributed by atoms with E-state index in [1.165, 1.54) is 11.3 Å². The van der Waals surface area contributed by atoms with Gasteiger partial charge in [-0.15, -0.1) is 10.2 Å². The van der Waals surface area contributed by atoms with Crippen LogP contribution in [0.1, 0.15) is 9.80 Å². The van der Waals surface area contributed by atoms with Crippen molar-refractivity contribution in [2.24, 2.45) is 0 Å². The second-order valence-corrected chi connectivity index (χ2v) is 5.04. The molecule has 100 valence electrons. The van der Waals surface area contributed by atoms with E-state index >= 15 is 0 Å². The third-order valence-electron chi connectivity index (χ3n) is 2.45. The molecule has 19 heavy (non-hydrogen) atoms. The van der Waals surface area contributed by atoms with Crippen molar-refractivity contribution in [3.05, 3.63) is 29.3 Å². The summed E-state index contributed by atoms with van der Waals surface area (Å²) in [4.78, 5) is 14.0. The first-order valence-electron chi connectivity index (χ1n) is 5.70. The average Bonchev–Trinajstić information content (AvgIpc) is 2.88. The predicted octanol–water partition coefficient (Wildman–Crippen LogP) is 1.90. The third-order valence-corrected chi connectivity index (χ3v) is 3.39. The van der Waals surface area contributed by atoms with Crippen molar-refractivity contribution in [2.45, 2.75) is 0 Å². The monoisotopic (exact) mass is 277 g/mol. The zero-order chi connectivity index (χ0) is 13.8. The lowest BCUT2D eigenvalue weighted by Crippen LogP contribution is -2.13. The molecule has 1 amide bonds. The van der Waals surface area contributed by atoms with Crippen LogP contribution in [0.25, 0.3) is 0 Å². The van der Waals surface area contributed by atoms with Gasteiger partial charge < -0.3 is 15.5 Å². The summed E-state index contributed by atoms with van der Waals surface area (Å²) in [6.45, 7) is 0. The summed E-state index contributed by atoms with van der Waals surface area (Å²) in [6.07, 6.45) is 0. The molecule has 0 aliphatic rings. The van der Waals surface area contributed by atoms with Gasteiger partial charge in [-0.25, -0.2) is 0 Å². The highest BCUT2D eigenvalue weighted by atomic mass is 32.1. The largest absolute Gasteiger partial charge is 0.378 e. The first-order chi connectivity index (χ1) is 9.10. The Hall–Kier alpha value is -2.15. The minimum absolute atomic E-state index is 0.255. The van der Waals surface area contributed by atoms with E-state index in [-0.39, 0.29) is 5.91 Å². The number of carbonyl (C=O) groups excluding carboxylic acids is 1. The van der Waals surface area contributed by atoms with Crippen LogP contribution in [0.15, 0.2) is 24.3 Å². The highest BCUT2D eigenvalue weighted by molar-refractivity contribution is 7.17. The number of rotatable bonds is 4. The quantitative estimate of drug-likeness (QED) is 0.893. The summed E-state index contributed by atoms with van der Waals surface area (Å²) in [7, 11) is 5.64. The molecule has 1 aromatic heterocycles. The molecule has 0 radical (unpaired) electrons. The predicted molar refractivity (Wildman–Crippen MR) is 78.2 cm³/mol. The first kappa shape index (κ1) is 13.3. The topological polar surface area (TPSA) is 70.1 Å². The van der Waals surface area contributed by atoms with Gasteiger partial charge in [0.15, 0.2) is 0 Å². The molecule has 2 aromatic rings. The van der Waals surface area contributed by atoms with Gasteiger partial charge >= 0.3 is 0 Å². The molecule has 0 atom stereocenters. The van der Waals surface area contributed by atoms with Crippen LogP contribution in [0.3, 0.4) is 0 Å². The Morgan fingerprint density at radius 3 is 2.74 bits per heavy atom. The Morgan fingerprint density at radius 1 is 1.32 bits per heavy atom. The third kappa shape index (κ3) is 3.19. The maximum atomic E-state index is 12.0. The Labute approximate surface area is 115 Å². The molecule has 7 heteroatoms. The zero-order valence-electron chi connectivity index (χ0n) is 11.0. The lowest BCUT2D eigenvalue weighted by molar-refractivity contribution is 0.102. The Kier molecular flexibility index (Phi) is 3.96. The number of benzene rings is 1. The molecule has 0 unspecified atom stereocenters. The van der Waals surface area contributed by atoms with Crippen LogP contribution in [0.2, 0.25) is 0 Å². The molecule has 0 aliphatic carbocycles. The van der Waals surface area contributed by atoms with Gasteiger partial charge in [0.2, 0.25) is 10.1 Å². The SMILES string of the molecule is CNc1nnc(C(=O)Nc2cccc(N(C)C)c2)s1. The van der Waals surface area contributed by atoms with Gasteiger partial charge in [-0.3, -0.25) is 4.79 Å². The molecule has 0 saturated heterocycles. The van der Waals surface area contributed by atoms with Crippen molar-refractivity contribution in [1.29, 1.82) is 0 Å². The standard InChI is InChI=1S/C12H15N5OS/c1-13-12-16-15-11(19-12)10(18)14-8-5-4-6-9(7-8)17(2)3/h4-7H,1-3H3,(H,13,16)(H,14,18). The van der Waals surface area contributed by atoms with E-state index in [0.717, 1.165) is 11.4 Å². The highest BCUT2D eigenvalue weighted by Crippen LogP contribution is 2.19. The van der Waals surface area contributed by atoms with Crippen molar-refractivity contribution < 1.29 is 4.79 Å². The van der Waals surface area contributed by atoms with Crippen molar-refractivity contribution >= 4 is 33.8 Å². The van der Waals surface area contributed by atoms with Gasteiger partial charge in [-0.2, -0.15) is 0 Å². The highest BCUT2D eigenvalue weighted by Gasteiger charge is 2.12. The van der Waals surface area contributed by atoms with Gasteiger partial charge in [-0.05, 0) is 18.2 Å². The van der Waals surface area contributed by atoms with E-state index in [2.05, 4.69) is 20.8 Å². The summed E-state index contributed by atoms with van der Waals surface area (Å²) in [6, 6.07) is 7.60. The number of aromatic nitrogens is 2. The van der Waals surface area contributed by atoms with E-state index in [0.29, 0.717) is 10.1 Å². The molecular weight excluding hydrogens is 262 g/mol.